The van der Waals surface area contributed by atoms with Crippen molar-refractivity contribution in [3.8, 4) is 0 Å². The van der Waals surface area contributed by atoms with Crippen LogP contribution in [0.15, 0.2) is 12.2 Å². The van der Waals surface area contributed by atoms with E-state index in [0.717, 1.165) is 0 Å². The fraction of sp³-hybridized carbons (Fsp3) is 0.818. The second kappa shape index (κ2) is 10.8. The zero-order chi connectivity index (χ0) is 9.07. The van der Waals surface area contributed by atoms with Crippen molar-refractivity contribution in [2.45, 2.75) is 58.6 Å². The quantitative estimate of drug-likeness (QED) is 0.319. The molecule has 0 spiro atoms. The third-order valence-electron chi connectivity index (χ3n) is 1.94. The summed E-state index contributed by atoms with van der Waals surface area (Å²) in [5.74, 6) is 0. The zero-order valence-corrected chi connectivity index (χ0v) is 8.81. The molecule has 1 rings (SSSR count). The van der Waals surface area contributed by atoms with Crippen LogP contribution >= 0.6 is 0 Å². The molecule has 0 heterocycles. The predicted octanol–water partition coefficient (Wildman–Crippen LogP) is 3.81. The fourth-order valence-electron chi connectivity index (χ4n) is 1.03. The summed E-state index contributed by atoms with van der Waals surface area (Å²) in [4.78, 5) is 0. The number of hydrogen-bond donors (Lipinski definition) is 0. The van der Waals surface area contributed by atoms with E-state index in [2.05, 4.69) is 26.0 Å². The molecule has 0 radical (unpaired) electrons. The first-order valence-electron chi connectivity index (χ1n) is 5.56. The summed E-state index contributed by atoms with van der Waals surface area (Å²) < 4.78 is 0. The Bertz CT molecular complexity index is 87.2. The van der Waals surface area contributed by atoms with Gasteiger partial charge in [-0.15, -0.1) is 0 Å². The first-order valence-corrected chi connectivity index (χ1v) is 5.56. The third kappa shape index (κ3) is 16.4. The van der Waals surface area contributed by atoms with E-state index in [1.54, 1.807) is 0 Å². The lowest BCUT2D eigenvalue weighted by molar-refractivity contribution is 0.851. The maximum atomic E-state index is 2.26. The number of allylic oxidation sites excluding steroid dienone is 2. The Morgan fingerprint density at radius 1 is 1.00 bits per heavy atom. The molecule has 0 fully saturated rings. The van der Waals surface area contributed by atoms with Gasteiger partial charge < -0.3 is 0 Å². The van der Waals surface area contributed by atoms with Gasteiger partial charge in [0.25, 0.3) is 0 Å². The van der Waals surface area contributed by atoms with Crippen molar-refractivity contribution in [2.75, 3.05) is 0 Å². The first-order chi connectivity index (χ1) is 5.91. The third-order valence-corrected chi connectivity index (χ3v) is 1.94. The minimum absolute atomic E-state index is 1.25. The van der Waals surface area contributed by atoms with Crippen LogP contribution in [0.4, 0.5) is 0 Å². The summed E-state index contributed by atoms with van der Waals surface area (Å²) in [7, 11) is 1.46. The Hall–Kier alpha value is -0.195. The SMILES string of the molecule is C1=CC1.CCCCBCCCC. The topological polar surface area (TPSA) is 0 Å². The normalized spacial score (nSPS) is 11.8. The molecule has 0 saturated carbocycles. The highest BCUT2D eigenvalue weighted by molar-refractivity contribution is 6.35. The van der Waals surface area contributed by atoms with E-state index >= 15 is 0 Å². The molecule has 0 N–H and O–H groups in total. The highest BCUT2D eigenvalue weighted by Crippen LogP contribution is 1.99. The van der Waals surface area contributed by atoms with Crippen LogP contribution in [0.1, 0.15) is 46.0 Å². The zero-order valence-electron chi connectivity index (χ0n) is 8.81. The van der Waals surface area contributed by atoms with Gasteiger partial charge in [0.1, 0.15) is 7.28 Å². The molecule has 0 aliphatic heterocycles. The van der Waals surface area contributed by atoms with E-state index in [4.69, 9.17) is 0 Å². The van der Waals surface area contributed by atoms with Gasteiger partial charge in [-0.1, -0.05) is 64.3 Å². The van der Waals surface area contributed by atoms with E-state index in [1.165, 1.54) is 52.0 Å². The molecular formula is C11H23B. The summed E-state index contributed by atoms with van der Waals surface area (Å²) in [5.41, 5.74) is 0. The van der Waals surface area contributed by atoms with Gasteiger partial charge in [0.15, 0.2) is 0 Å². The molecule has 1 heteroatoms. The summed E-state index contributed by atoms with van der Waals surface area (Å²) in [5, 5.41) is 0. The monoisotopic (exact) mass is 166 g/mol. The maximum Gasteiger partial charge on any atom is 0.120 e. The van der Waals surface area contributed by atoms with E-state index in [-0.39, 0.29) is 0 Å². The smallest absolute Gasteiger partial charge is 0.0844 e. The van der Waals surface area contributed by atoms with Gasteiger partial charge in [-0.05, 0) is 6.42 Å². The van der Waals surface area contributed by atoms with Crippen LogP contribution in [0.2, 0.25) is 12.6 Å². The van der Waals surface area contributed by atoms with Gasteiger partial charge >= 0.3 is 0 Å². The Labute approximate surface area is 78.7 Å². The molecular weight excluding hydrogens is 143 g/mol. The molecule has 1 aliphatic carbocycles. The van der Waals surface area contributed by atoms with Crippen LogP contribution in [0.3, 0.4) is 0 Å². The van der Waals surface area contributed by atoms with Crippen LogP contribution < -0.4 is 0 Å². The van der Waals surface area contributed by atoms with E-state index < -0.39 is 0 Å². The number of hydrogen-bond acceptors (Lipinski definition) is 0. The van der Waals surface area contributed by atoms with Gasteiger partial charge in [0.2, 0.25) is 0 Å². The lowest BCUT2D eigenvalue weighted by Gasteiger charge is -1.93. The Balaban J connectivity index is 0.000000330. The van der Waals surface area contributed by atoms with Crippen molar-refractivity contribution in [2.24, 2.45) is 0 Å². The van der Waals surface area contributed by atoms with E-state index in [9.17, 15) is 0 Å². The average Bonchev–Trinajstić information content (AvgIpc) is 2.90. The van der Waals surface area contributed by atoms with E-state index in [0.29, 0.717) is 0 Å². The van der Waals surface area contributed by atoms with Gasteiger partial charge in [0.05, 0.1) is 0 Å². The van der Waals surface area contributed by atoms with Gasteiger partial charge in [0, 0.05) is 0 Å². The highest BCUT2D eigenvalue weighted by atomic mass is 13.8. The van der Waals surface area contributed by atoms with Crippen LogP contribution in [0.25, 0.3) is 0 Å². The van der Waals surface area contributed by atoms with Crippen LogP contribution in [0, 0.1) is 0 Å². The van der Waals surface area contributed by atoms with Crippen molar-refractivity contribution in [1.29, 1.82) is 0 Å². The molecule has 0 atom stereocenters. The largest absolute Gasteiger partial charge is 0.120 e. The van der Waals surface area contributed by atoms with Crippen molar-refractivity contribution < 1.29 is 0 Å². The second-order valence-electron chi connectivity index (χ2n) is 3.47. The van der Waals surface area contributed by atoms with Gasteiger partial charge in [-0.2, -0.15) is 0 Å². The molecule has 0 bridgehead atoms. The second-order valence-corrected chi connectivity index (χ2v) is 3.47. The molecule has 12 heavy (non-hydrogen) atoms. The highest BCUT2D eigenvalue weighted by Gasteiger charge is 1.88. The maximum absolute atomic E-state index is 2.26. The van der Waals surface area contributed by atoms with Gasteiger partial charge in [-0.25, -0.2) is 0 Å². The number of unbranched alkanes of at least 4 members (excludes halogenated alkanes) is 2. The van der Waals surface area contributed by atoms with E-state index in [1.807, 2.05) is 0 Å². The van der Waals surface area contributed by atoms with Crippen molar-refractivity contribution in [1.82, 2.24) is 0 Å². The molecule has 0 aromatic rings. The van der Waals surface area contributed by atoms with Crippen LogP contribution in [-0.2, 0) is 0 Å². The Morgan fingerprint density at radius 3 is 1.67 bits per heavy atom. The first kappa shape index (κ1) is 11.8. The molecule has 0 nitrogen and oxygen atoms in total. The molecule has 0 unspecified atom stereocenters. The molecule has 0 saturated heterocycles. The van der Waals surface area contributed by atoms with Crippen molar-refractivity contribution in [3.63, 3.8) is 0 Å². The molecule has 0 aromatic carbocycles. The standard InChI is InChI=1S/C8H19B.C3H4/c1-3-5-7-9-8-6-4-2;1-2-3-1/h9H,3-8H2,1-2H3;1-2H,3H2. The minimum Gasteiger partial charge on any atom is -0.0844 e. The summed E-state index contributed by atoms with van der Waals surface area (Å²) in [6.45, 7) is 4.53. The average molecular weight is 166 g/mol. The van der Waals surface area contributed by atoms with Crippen LogP contribution in [-0.4, -0.2) is 7.28 Å². The Kier molecular flexibility index (Phi) is 10.6. The minimum atomic E-state index is 1.25. The fourth-order valence-corrected chi connectivity index (χ4v) is 1.03. The van der Waals surface area contributed by atoms with Gasteiger partial charge in [-0.3, -0.25) is 0 Å². The lowest BCUT2D eigenvalue weighted by atomic mass is 9.68. The molecule has 0 aromatic heterocycles. The lowest BCUT2D eigenvalue weighted by Crippen LogP contribution is -1.87. The van der Waals surface area contributed by atoms with Crippen molar-refractivity contribution in [3.05, 3.63) is 12.2 Å². The van der Waals surface area contributed by atoms with Crippen molar-refractivity contribution >= 4 is 7.28 Å². The van der Waals surface area contributed by atoms with Crippen LogP contribution in [0.5, 0.6) is 0 Å². The summed E-state index contributed by atoms with van der Waals surface area (Å²) >= 11 is 0. The number of rotatable bonds is 6. The predicted molar refractivity (Wildman–Crippen MR) is 60.3 cm³/mol. The summed E-state index contributed by atoms with van der Waals surface area (Å²) in [6, 6.07) is 0. The Morgan fingerprint density at radius 2 is 1.42 bits per heavy atom. The molecule has 70 valence electrons. The molecule has 0 amide bonds. The molecule has 1 aliphatic rings. The summed E-state index contributed by atoms with van der Waals surface area (Å²) in [6.07, 6.45) is 14.0.